The van der Waals surface area contributed by atoms with Crippen LogP contribution in [0.4, 0.5) is 5.69 Å². The van der Waals surface area contributed by atoms with Crippen LogP contribution in [0.15, 0.2) is 77.3 Å². The molecule has 1 amide bonds. The molecule has 0 spiro atoms. The van der Waals surface area contributed by atoms with E-state index in [1.165, 1.54) is 0 Å². The molecule has 0 saturated carbocycles. The zero-order valence-corrected chi connectivity index (χ0v) is 15.4. The highest BCUT2D eigenvalue weighted by Gasteiger charge is 2.06. The summed E-state index contributed by atoms with van der Waals surface area (Å²) in [5, 5.41) is 2.91. The summed E-state index contributed by atoms with van der Waals surface area (Å²) in [5.41, 5.74) is 3.54. The second kappa shape index (κ2) is 7.99. The van der Waals surface area contributed by atoms with E-state index in [1.807, 2.05) is 79.7 Å². The summed E-state index contributed by atoms with van der Waals surface area (Å²) in [6, 6.07) is 22.9. The molecule has 3 aromatic carbocycles. The Hall–Kier alpha value is -2.59. The van der Waals surface area contributed by atoms with Crippen molar-refractivity contribution in [2.75, 3.05) is 5.32 Å². The molecule has 0 aliphatic carbocycles. The maximum atomic E-state index is 12.3. The predicted octanol–water partition coefficient (Wildman–Crippen LogP) is 5.59. The SMILES string of the molecule is Cc1cccc(NC(=O)c2ccc(COc3ccc(Br)cc3)cc2)c1. The van der Waals surface area contributed by atoms with E-state index in [4.69, 9.17) is 4.74 Å². The molecule has 3 aromatic rings. The van der Waals surface area contributed by atoms with Gasteiger partial charge >= 0.3 is 0 Å². The topological polar surface area (TPSA) is 38.3 Å². The Bertz CT molecular complexity index is 858. The van der Waals surface area contributed by atoms with Crippen molar-refractivity contribution < 1.29 is 9.53 Å². The summed E-state index contributed by atoms with van der Waals surface area (Å²) < 4.78 is 6.75. The van der Waals surface area contributed by atoms with Crippen LogP contribution in [0, 0.1) is 6.92 Å². The Morgan fingerprint density at radius 2 is 1.72 bits per heavy atom. The van der Waals surface area contributed by atoms with Crippen molar-refractivity contribution in [3.63, 3.8) is 0 Å². The largest absolute Gasteiger partial charge is 0.489 e. The lowest BCUT2D eigenvalue weighted by Crippen LogP contribution is -2.12. The molecule has 0 heterocycles. The summed E-state index contributed by atoms with van der Waals surface area (Å²) in [6.07, 6.45) is 0. The number of halogens is 1. The van der Waals surface area contributed by atoms with Crippen molar-refractivity contribution in [1.82, 2.24) is 0 Å². The van der Waals surface area contributed by atoms with Crippen LogP contribution in [0.3, 0.4) is 0 Å². The minimum Gasteiger partial charge on any atom is -0.489 e. The molecule has 25 heavy (non-hydrogen) atoms. The first kappa shape index (κ1) is 17.2. The minimum absolute atomic E-state index is 0.119. The molecule has 4 heteroatoms. The first-order valence-electron chi connectivity index (χ1n) is 7.95. The summed E-state index contributed by atoms with van der Waals surface area (Å²) in [6.45, 7) is 2.46. The third kappa shape index (κ3) is 4.94. The summed E-state index contributed by atoms with van der Waals surface area (Å²) >= 11 is 3.40. The van der Waals surface area contributed by atoms with Crippen LogP contribution in [-0.2, 0) is 6.61 Å². The molecule has 0 fully saturated rings. The molecule has 3 nitrogen and oxygen atoms in total. The molecule has 0 atom stereocenters. The van der Waals surface area contributed by atoms with E-state index in [9.17, 15) is 4.79 Å². The van der Waals surface area contributed by atoms with Crippen LogP contribution >= 0.6 is 15.9 Å². The fraction of sp³-hybridized carbons (Fsp3) is 0.0952. The second-order valence-corrected chi connectivity index (χ2v) is 6.68. The third-order valence-electron chi connectivity index (χ3n) is 3.71. The Morgan fingerprint density at radius 1 is 1.00 bits per heavy atom. The Balaban J connectivity index is 1.59. The van der Waals surface area contributed by atoms with Crippen LogP contribution in [-0.4, -0.2) is 5.91 Å². The first-order valence-corrected chi connectivity index (χ1v) is 8.75. The normalized spacial score (nSPS) is 10.3. The van der Waals surface area contributed by atoms with Crippen LogP contribution < -0.4 is 10.1 Å². The van der Waals surface area contributed by atoms with Crippen molar-refractivity contribution >= 4 is 27.5 Å². The number of carbonyl (C=O) groups is 1. The molecular formula is C21H18BrNO2. The van der Waals surface area contributed by atoms with Gasteiger partial charge in [0.15, 0.2) is 0 Å². The van der Waals surface area contributed by atoms with Crippen molar-refractivity contribution in [2.45, 2.75) is 13.5 Å². The average Bonchev–Trinajstić information content (AvgIpc) is 2.62. The number of hydrogen-bond donors (Lipinski definition) is 1. The van der Waals surface area contributed by atoms with Gasteiger partial charge in [0, 0.05) is 15.7 Å². The molecule has 0 unspecified atom stereocenters. The molecule has 0 aliphatic rings. The van der Waals surface area contributed by atoms with Gasteiger partial charge in [-0.3, -0.25) is 4.79 Å². The monoisotopic (exact) mass is 395 g/mol. The molecule has 0 bridgehead atoms. The highest BCUT2D eigenvalue weighted by Crippen LogP contribution is 2.18. The highest BCUT2D eigenvalue weighted by atomic mass is 79.9. The van der Waals surface area contributed by atoms with E-state index in [1.54, 1.807) is 0 Å². The van der Waals surface area contributed by atoms with Gasteiger partial charge in [-0.15, -0.1) is 0 Å². The van der Waals surface area contributed by atoms with E-state index in [0.29, 0.717) is 12.2 Å². The lowest BCUT2D eigenvalue weighted by molar-refractivity contribution is 0.102. The first-order chi connectivity index (χ1) is 12.1. The molecule has 1 N–H and O–H groups in total. The molecule has 0 aromatic heterocycles. The number of carbonyl (C=O) groups excluding carboxylic acids is 1. The number of rotatable bonds is 5. The van der Waals surface area contributed by atoms with Gasteiger partial charge in [0.05, 0.1) is 0 Å². The van der Waals surface area contributed by atoms with Crippen LogP contribution in [0.5, 0.6) is 5.75 Å². The van der Waals surface area contributed by atoms with Gasteiger partial charge in [0.1, 0.15) is 12.4 Å². The van der Waals surface area contributed by atoms with Crippen molar-refractivity contribution in [2.24, 2.45) is 0 Å². The number of benzene rings is 3. The molecule has 0 radical (unpaired) electrons. The Kier molecular flexibility index (Phi) is 5.51. The molecule has 126 valence electrons. The fourth-order valence-corrected chi connectivity index (χ4v) is 2.64. The Morgan fingerprint density at radius 3 is 2.40 bits per heavy atom. The van der Waals surface area contributed by atoms with E-state index < -0.39 is 0 Å². The number of hydrogen-bond acceptors (Lipinski definition) is 2. The fourth-order valence-electron chi connectivity index (χ4n) is 2.38. The number of ether oxygens (including phenoxy) is 1. The lowest BCUT2D eigenvalue weighted by Gasteiger charge is -2.08. The Labute approximate surface area is 155 Å². The number of amides is 1. The average molecular weight is 396 g/mol. The van der Waals surface area contributed by atoms with E-state index in [0.717, 1.165) is 27.0 Å². The van der Waals surface area contributed by atoms with Gasteiger partial charge in [0.25, 0.3) is 5.91 Å². The summed E-state index contributed by atoms with van der Waals surface area (Å²) in [4.78, 5) is 12.3. The third-order valence-corrected chi connectivity index (χ3v) is 4.24. The van der Waals surface area contributed by atoms with Gasteiger partial charge in [-0.25, -0.2) is 0 Å². The van der Waals surface area contributed by atoms with Crippen molar-refractivity contribution in [1.29, 1.82) is 0 Å². The number of anilines is 1. The maximum absolute atomic E-state index is 12.3. The van der Waals surface area contributed by atoms with Gasteiger partial charge in [-0.05, 0) is 66.6 Å². The van der Waals surface area contributed by atoms with Gasteiger partial charge in [0.2, 0.25) is 0 Å². The van der Waals surface area contributed by atoms with Crippen LogP contribution in [0.2, 0.25) is 0 Å². The second-order valence-electron chi connectivity index (χ2n) is 5.76. The van der Waals surface area contributed by atoms with Gasteiger partial charge in [-0.1, -0.05) is 40.2 Å². The minimum atomic E-state index is -0.119. The lowest BCUT2D eigenvalue weighted by atomic mass is 10.1. The smallest absolute Gasteiger partial charge is 0.255 e. The predicted molar refractivity (Wildman–Crippen MR) is 104 cm³/mol. The zero-order valence-electron chi connectivity index (χ0n) is 13.8. The standard InChI is InChI=1S/C21H18BrNO2/c1-15-3-2-4-19(13-15)23-21(24)17-7-5-16(6-8-17)14-25-20-11-9-18(22)10-12-20/h2-13H,14H2,1H3,(H,23,24). The van der Waals surface area contributed by atoms with E-state index in [2.05, 4.69) is 21.2 Å². The molecule has 0 aliphatic heterocycles. The van der Waals surface area contributed by atoms with Gasteiger partial charge in [-0.2, -0.15) is 0 Å². The zero-order chi connectivity index (χ0) is 17.6. The number of nitrogens with one attached hydrogen (secondary N) is 1. The highest BCUT2D eigenvalue weighted by molar-refractivity contribution is 9.10. The molecule has 0 saturated heterocycles. The summed E-state index contributed by atoms with van der Waals surface area (Å²) in [7, 11) is 0. The van der Waals surface area contributed by atoms with Crippen molar-refractivity contribution in [3.05, 3.63) is 94.0 Å². The van der Waals surface area contributed by atoms with Gasteiger partial charge < -0.3 is 10.1 Å². The van der Waals surface area contributed by atoms with E-state index >= 15 is 0 Å². The number of aryl methyl sites for hydroxylation is 1. The summed E-state index contributed by atoms with van der Waals surface area (Å²) in [5.74, 6) is 0.690. The van der Waals surface area contributed by atoms with Crippen LogP contribution in [0.25, 0.3) is 0 Å². The molecular weight excluding hydrogens is 378 g/mol. The van der Waals surface area contributed by atoms with E-state index in [-0.39, 0.29) is 5.91 Å². The van der Waals surface area contributed by atoms with Crippen LogP contribution in [0.1, 0.15) is 21.5 Å². The maximum Gasteiger partial charge on any atom is 0.255 e. The molecule has 3 rings (SSSR count). The quantitative estimate of drug-likeness (QED) is 0.611. The van der Waals surface area contributed by atoms with Crippen molar-refractivity contribution in [3.8, 4) is 5.75 Å².